The molecule has 40 heavy (non-hydrogen) atoms. The summed E-state index contributed by atoms with van der Waals surface area (Å²) in [6.07, 6.45) is 4.05. The monoisotopic (exact) mass is 542 g/mol. The van der Waals surface area contributed by atoms with E-state index in [1.165, 1.54) is 0 Å². The van der Waals surface area contributed by atoms with Crippen molar-refractivity contribution < 1.29 is 14.4 Å². The van der Waals surface area contributed by atoms with Crippen molar-refractivity contribution in [1.29, 1.82) is 0 Å². The topological polar surface area (TPSA) is 110 Å². The summed E-state index contributed by atoms with van der Waals surface area (Å²) in [5.74, 6) is -0.0486. The maximum absolute atomic E-state index is 14.1. The molecule has 1 aromatic heterocycles. The maximum Gasteiger partial charge on any atom is 0.318 e. The predicted octanol–water partition coefficient (Wildman–Crippen LogP) is 4.34. The van der Waals surface area contributed by atoms with E-state index in [1.54, 1.807) is 4.90 Å². The van der Waals surface area contributed by atoms with Gasteiger partial charge in [0.2, 0.25) is 11.8 Å². The van der Waals surface area contributed by atoms with Crippen LogP contribution in [0.15, 0.2) is 42.6 Å². The fourth-order valence-corrected chi connectivity index (χ4v) is 6.89. The number of anilines is 1. The summed E-state index contributed by atoms with van der Waals surface area (Å²) in [6.45, 7) is 10.3. The summed E-state index contributed by atoms with van der Waals surface area (Å²) >= 11 is 0. The highest BCUT2D eigenvalue weighted by Crippen LogP contribution is 2.45. The number of likely N-dealkylation sites (tertiary alicyclic amines) is 1. The van der Waals surface area contributed by atoms with Crippen molar-refractivity contribution in [3.63, 3.8) is 0 Å². The molecule has 1 spiro atoms. The van der Waals surface area contributed by atoms with E-state index in [-0.39, 0.29) is 28.7 Å². The number of H-pyrrole nitrogens is 1. The molecular formula is C31H38N6O3. The molecule has 3 N–H and O–H groups in total. The van der Waals surface area contributed by atoms with Gasteiger partial charge in [0.1, 0.15) is 5.54 Å². The smallest absolute Gasteiger partial charge is 0.318 e. The van der Waals surface area contributed by atoms with Crippen molar-refractivity contribution in [3.05, 3.63) is 59.3 Å². The molecule has 0 bridgehead atoms. The number of nitrogens with one attached hydrogen (secondary N) is 3. The summed E-state index contributed by atoms with van der Waals surface area (Å²) in [5.41, 5.74) is 3.61. The van der Waals surface area contributed by atoms with Gasteiger partial charge in [0, 0.05) is 55.5 Å². The number of hydrogen-bond acceptors (Lipinski definition) is 4. The Labute approximate surface area is 234 Å². The number of fused-ring (bicyclic) bond motifs is 5. The van der Waals surface area contributed by atoms with Crippen molar-refractivity contribution in [2.45, 2.75) is 70.9 Å². The quantitative estimate of drug-likeness (QED) is 0.448. The first-order valence-electron chi connectivity index (χ1n) is 14.2. The standard InChI is InChI=1S/C31H38N6O3/c1-29(2,3)19-37-18-22-20(9-10-24-21(22)17-32-35-24)15-30(4,27(37)39)34-28(40)36-13-11-31(12-14-36)16-26(38)33-25-8-6-5-7-23(25)31/h5-10,17H,11-16,18-19H2,1-4H3,(H,32,35)(H,33,38)(H,34,40). The Morgan fingerprint density at radius 1 is 1.07 bits per heavy atom. The van der Waals surface area contributed by atoms with Crippen LogP contribution in [0.3, 0.4) is 0 Å². The van der Waals surface area contributed by atoms with E-state index in [0.29, 0.717) is 51.9 Å². The molecule has 4 amide bonds. The molecule has 3 aliphatic rings. The average Bonchev–Trinajstić information content (AvgIpc) is 3.34. The molecule has 3 aliphatic heterocycles. The highest BCUT2D eigenvalue weighted by atomic mass is 16.2. The van der Waals surface area contributed by atoms with Gasteiger partial charge in [-0.05, 0) is 54.0 Å². The number of carbonyl (C=O) groups is 3. The number of urea groups is 1. The van der Waals surface area contributed by atoms with Crippen LogP contribution in [-0.2, 0) is 28.0 Å². The molecule has 2 aromatic carbocycles. The molecular weight excluding hydrogens is 504 g/mol. The molecule has 0 saturated carbocycles. The number of hydrogen-bond donors (Lipinski definition) is 3. The lowest BCUT2D eigenvalue weighted by Crippen LogP contribution is -2.62. The van der Waals surface area contributed by atoms with Crippen LogP contribution in [0.4, 0.5) is 10.5 Å². The SMILES string of the molecule is CC(C)(C)CN1Cc2c(ccc3[nH]ncc23)CC(C)(NC(=O)N2CCC3(CC2)CC(=O)Nc2ccccc23)C1=O. The van der Waals surface area contributed by atoms with Gasteiger partial charge in [-0.25, -0.2) is 4.79 Å². The Bertz CT molecular complexity index is 1500. The van der Waals surface area contributed by atoms with E-state index >= 15 is 0 Å². The molecule has 0 aliphatic carbocycles. The number of aromatic amines is 1. The van der Waals surface area contributed by atoms with Crippen molar-refractivity contribution in [2.24, 2.45) is 5.41 Å². The maximum atomic E-state index is 14.1. The lowest BCUT2D eigenvalue weighted by atomic mass is 9.68. The second-order valence-electron chi connectivity index (χ2n) is 13.2. The summed E-state index contributed by atoms with van der Waals surface area (Å²) in [4.78, 5) is 44.1. The Hall–Kier alpha value is -3.88. The van der Waals surface area contributed by atoms with Crippen LogP contribution >= 0.6 is 0 Å². The lowest BCUT2D eigenvalue weighted by Gasteiger charge is -2.45. The minimum absolute atomic E-state index is 0.0255. The van der Waals surface area contributed by atoms with Crippen molar-refractivity contribution in [3.8, 4) is 0 Å². The van der Waals surface area contributed by atoms with Gasteiger partial charge in [-0.3, -0.25) is 14.7 Å². The molecule has 6 rings (SSSR count). The molecule has 1 fully saturated rings. The first-order chi connectivity index (χ1) is 19.0. The number of carbonyl (C=O) groups excluding carboxylic acids is 3. The van der Waals surface area contributed by atoms with Crippen LogP contribution in [0.1, 0.15) is 63.6 Å². The van der Waals surface area contributed by atoms with E-state index in [2.05, 4.69) is 47.7 Å². The second-order valence-corrected chi connectivity index (χ2v) is 13.2. The molecule has 1 unspecified atom stereocenters. The van der Waals surface area contributed by atoms with Gasteiger partial charge in [-0.1, -0.05) is 45.0 Å². The summed E-state index contributed by atoms with van der Waals surface area (Å²) in [7, 11) is 0. The lowest BCUT2D eigenvalue weighted by molar-refractivity contribution is -0.139. The minimum atomic E-state index is -1.10. The molecule has 3 aromatic rings. The summed E-state index contributed by atoms with van der Waals surface area (Å²) in [5, 5.41) is 14.4. The van der Waals surface area contributed by atoms with E-state index < -0.39 is 5.54 Å². The number of para-hydroxylation sites is 1. The van der Waals surface area contributed by atoms with Gasteiger partial charge in [-0.2, -0.15) is 5.10 Å². The molecule has 0 radical (unpaired) electrons. The van der Waals surface area contributed by atoms with E-state index in [0.717, 1.165) is 33.3 Å². The van der Waals surface area contributed by atoms with E-state index in [4.69, 9.17) is 0 Å². The third-order valence-corrected chi connectivity index (χ3v) is 8.81. The first-order valence-corrected chi connectivity index (χ1v) is 14.2. The Balaban J connectivity index is 1.25. The number of rotatable bonds is 2. The molecule has 210 valence electrons. The average molecular weight is 543 g/mol. The first kappa shape index (κ1) is 26.3. The Morgan fingerprint density at radius 2 is 1.82 bits per heavy atom. The number of benzene rings is 2. The number of nitrogens with zero attached hydrogens (tertiary/aromatic N) is 3. The zero-order valence-corrected chi connectivity index (χ0v) is 23.8. The van der Waals surface area contributed by atoms with Crippen LogP contribution in [0.2, 0.25) is 0 Å². The zero-order valence-electron chi connectivity index (χ0n) is 23.8. The minimum Gasteiger partial charge on any atom is -0.336 e. The summed E-state index contributed by atoms with van der Waals surface area (Å²) in [6, 6.07) is 11.8. The Morgan fingerprint density at radius 3 is 2.58 bits per heavy atom. The fraction of sp³-hybridized carbons (Fsp3) is 0.484. The van der Waals surface area contributed by atoms with Crippen LogP contribution in [0.5, 0.6) is 0 Å². The second kappa shape index (κ2) is 9.35. The van der Waals surface area contributed by atoms with Crippen LogP contribution in [0, 0.1) is 5.41 Å². The normalized spacial score (nSPS) is 22.5. The largest absolute Gasteiger partial charge is 0.336 e. The van der Waals surface area contributed by atoms with Crippen molar-refractivity contribution >= 4 is 34.4 Å². The highest BCUT2D eigenvalue weighted by Gasteiger charge is 2.46. The molecule has 1 atom stereocenters. The van der Waals surface area contributed by atoms with Crippen LogP contribution in [-0.4, -0.2) is 63.0 Å². The van der Waals surface area contributed by atoms with Gasteiger partial charge < -0.3 is 20.4 Å². The zero-order chi connectivity index (χ0) is 28.3. The van der Waals surface area contributed by atoms with Crippen LogP contribution in [0.25, 0.3) is 10.9 Å². The predicted molar refractivity (Wildman–Crippen MR) is 154 cm³/mol. The third kappa shape index (κ3) is 4.61. The number of piperidine rings is 1. The van der Waals surface area contributed by atoms with E-state index in [9.17, 15) is 14.4 Å². The van der Waals surface area contributed by atoms with Gasteiger partial charge in [0.25, 0.3) is 0 Å². The molecule has 9 nitrogen and oxygen atoms in total. The van der Waals surface area contributed by atoms with Gasteiger partial charge in [0.05, 0.1) is 11.7 Å². The van der Waals surface area contributed by atoms with Crippen molar-refractivity contribution in [1.82, 2.24) is 25.3 Å². The molecule has 4 heterocycles. The summed E-state index contributed by atoms with van der Waals surface area (Å²) < 4.78 is 0. The number of aromatic nitrogens is 2. The highest BCUT2D eigenvalue weighted by molar-refractivity contribution is 5.96. The van der Waals surface area contributed by atoms with Gasteiger partial charge in [-0.15, -0.1) is 0 Å². The Kier molecular flexibility index (Phi) is 6.16. The fourth-order valence-electron chi connectivity index (χ4n) is 6.89. The van der Waals surface area contributed by atoms with Gasteiger partial charge in [0.15, 0.2) is 0 Å². The van der Waals surface area contributed by atoms with Crippen LogP contribution < -0.4 is 10.6 Å². The third-order valence-electron chi connectivity index (χ3n) is 8.81. The van der Waals surface area contributed by atoms with E-state index in [1.807, 2.05) is 48.4 Å². The molecule has 1 saturated heterocycles. The molecule has 9 heteroatoms. The van der Waals surface area contributed by atoms with Crippen molar-refractivity contribution in [2.75, 3.05) is 25.0 Å². The number of amides is 4. The van der Waals surface area contributed by atoms with Gasteiger partial charge >= 0.3 is 6.03 Å².